The molecule has 2 heterocycles. The van der Waals surface area contributed by atoms with Crippen molar-refractivity contribution in [1.29, 1.82) is 0 Å². The molecule has 0 unspecified atom stereocenters. The van der Waals surface area contributed by atoms with Gasteiger partial charge in [-0.05, 0) is 26.0 Å². The number of aromatic nitrogens is 1. The maximum Gasteiger partial charge on any atom is 0.269 e. The normalized spacial score (nSPS) is 13.0. The van der Waals surface area contributed by atoms with Crippen molar-refractivity contribution in [3.63, 3.8) is 0 Å². The molecule has 0 fully saturated rings. The Morgan fingerprint density at radius 2 is 2.19 bits per heavy atom. The molecule has 0 saturated heterocycles. The largest absolute Gasteiger partial charge is 0.478 e. The van der Waals surface area contributed by atoms with Gasteiger partial charge in [0, 0.05) is 17.6 Å². The van der Waals surface area contributed by atoms with E-state index in [9.17, 15) is 4.79 Å². The second kappa shape index (κ2) is 5.25. The molecule has 0 atom stereocenters. The highest BCUT2D eigenvalue weighted by Gasteiger charge is 2.31. The Kier molecular flexibility index (Phi) is 3.42. The summed E-state index contributed by atoms with van der Waals surface area (Å²) >= 11 is 1.35. The van der Waals surface area contributed by atoms with Gasteiger partial charge in [-0.15, -0.1) is 11.3 Å². The van der Waals surface area contributed by atoms with Crippen LogP contribution in [0.2, 0.25) is 0 Å². The van der Waals surface area contributed by atoms with Crippen molar-refractivity contribution in [3.8, 4) is 17.2 Å². The predicted molar refractivity (Wildman–Crippen MR) is 78.0 cm³/mol. The van der Waals surface area contributed by atoms with E-state index in [1.807, 2.05) is 0 Å². The predicted octanol–water partition coefficient (Wildman–Crippen LogP) is 2.67. The molecule has 1 amide bonds. The van der Waals surface area contributed by atoms with E-state index in [2.05, 4.69) is 10.3 Å². The van der Waals surface area contributed by atoms with Gasteiger partial charge in [0.15, 0.2) is 22.2 Å². The van der Waals surface area contributed by atoms with E-state index in [1.54, 1.807) is 43.6 Å². The molecule has 0 radical (unpaired) electrons. The molecule has 0 saturated carbocycles. The summed E-state index contributed by atoms with van der Waals surface area (Å²) in [6, 6.07) is 5.21. The second-order valence-electron chi connectivity index (χ2n) is 4.92. The Labute approximate surface area is 125 Å². The molecule has 1 aromatic heterocycles. The third kappa shape index (κ3) is 2.92. The first-order valence-corrected chi connectivity index (χ1v) is 7.22. The van der Waals surface area contributed by atoms with Crippen LogP contribution >= 0.6 is 11.3 Å². The van der Waals surface area contributed by atoms with Crippen LogP contribution < -0.4 is 19.5 Å². The quantitative estimate of drug-likeness (QED) is 0.940. The lowest BCUT2D eigenvalue weighted by atomic mass is 10.1. The smallest absolute Gasteiger partial charge is 0.269 e. The fourth-order valence-corrected chi connectivity index (χ4v) is 2.34. The first kappa shape index (κ1) is 13.7. The van der Waals surface area contributed by atoms with Gasteiger partial charge in [-0.2, -0.15) is 0 Å². The zero-order valence-electron chi connectivity index (χ0n) is 11.6. The first-order chi connectivity index (χ1) is 10.0. The van der Waals surface area contributed by atoms with Crippen molar-refractivity contribution in [3.05, 3.63) is 29.8 Å². The van der Waals surface area contributed by atoms with Crippen molar-refractivity contribution in [1.82, 2.24) is 4.98 Å². The van der Waals surface area contributed by atoms with E-state index in [-0.39, 0.29) is 12.7 Å². The molecule has 2 aromatic rings. The van der Waals surface area contributed by atoms with Crippen molar-refractivity contribution in [2.24, 2.45) is 0 Å². The van der Waals surface area contributed by atoms with Crippen LogP contribution in [-0.4, -0.2) is 23.3 Å². The highest BCUT2D eigenvalue weighted by atomic mass is 32.1. The summed E-state index contributed by atoms with van der Waals surface area (Å²) in [5.41, 5.74) is -1.04. The van der Waals surface area contributed by atoms with E-state index in [4.69, 9.17) is 14.2 Å². The van der Waals surface area contributed by atoms with Crippen molar-refractivity contribution in [2.75, 3.05) is 12.1 Å². The standard InChI is InChI=1S/C14H14N2O4S/c1-14(2,12(17)16-13-15-5-6-21-13)20-9-3-4-10-11(7-9)19-8-18-10/h3-7H,8H2,1-2H3,(H,15,16,17). The first-order valence-electron chi connectivity index (χ1n) is 6.34. The summed E-state index contributed by atoms with van der Waals surface area (Å²) < 4.78 is 16.3. The number of hydrogen-bond acceptors (Lipinski definition) is 6. The Hall–Kier alpha value is -2.28. The Bertz CT molecular complexity index is 655. The summed E-state index contributed by atoms with van der Waals surface area (Å²) in [4.78, 5) is 16.3. The number of nitrogens with one attached hydrogen (secondary N) is 1. The second-order valence-corrected chi connectivity index (χ2v) is 5.81. The summed E-state index contributed by atoms with van der Waals surface area (Å²) in [6.45, 7) is 3.59. The maximum absolute atomic E-state index is 12.2. The van der Waals surface area contributed by atoms with E-state index >= 15 is 0 Å². The molecule has 1 aliphatic rings. The number of rotatable bonds is 4. The lowest BCUT2D eigenvalue weighted by molar-refractivity contribution is -0.128. The molecular formula is C14H14N2O4S. The van der Waals surface area contributed by atoms with Gasteiger partial charge >= 0.3 is 0 Å². The van der Waals surface area contributed by atoms with Crippen molar-refractivity contribution in [2.45, 2.75) is 19.4 Å². The van der Waals surface area contributed by atoms with E-state index in [1.165, 1.54) is 11.3 Å². The Morgan fingerprint density at radius 3 is 2.95 bits per heavy atom. The third-order valence-electron chi connectivity index (χ3n) is 2.92. The number of thiazole rings is 1. The van der Waals surface area contributed by atoms with Gasteiger partial charge < -0.3 is 14.2 Å². The van der Waals surface area contributed by atoms with Crippen LogP contribution in [0.1, 0.15) is 13.8 Å². The summed E-state index contributed by atoms with van der Waals surface area (Å²) in [5, 5.41) is 5.06. The number of fused-ring (bicyclic) bond motifs is 1. The van der Waals surface area contributed by atoms with Crippen LogP contribution in [0.15, 0.2) is 29.8 Å². The number of nitrogens with zero attached hydrogens (tertiary/aromatic N) is 1. The maximum atomic E-state index is 12.2. The number of carbonyl (C=O) groups is 1. The van der Waals surface area contributed by atoms with Gasteiger partial charge in [0.1, 0.15) is 5.75 Å². The van der Waals surface area contributed by atoms with E-state index in [0.29, 0.717) is 22.4 Å². The number of anilines is 1. The lowest BCUT2D eigenvalue weighted by Crippen LogP contribution is -2.42. The Balaban J connectivity index is 1.71. The molecule has 1 N–H and O–H groups in total. The number of hydrogen-bond donors (Lipinski definition) is 1. The molecule has 1 aliphatic heterocycles. The molecule has 0 bridgehead atoms. The summed E-state index contributed by atoms with van der Waals surface area (Å²) in [6.07, 6.45) is 1.63. The van der Waals surface area contributed by atoms with E-state index in [0.717, 1.165) is 0 Å². The molecule has 21 heavy (non-hydrogen) atoms. The van der Waals surface area contributed by atoms with Crippen LogP contribution in [0.5, 0.6) is 17.2 Å². The lowest BCUT2D eigenvalue weighted by Gasteiger charge is -2.24. The summed E-state index contributed by atoms with van der Waals surface area (Å²) in [7, 11) is 0. The van der Waals surface area contributed by atoms with Gasteiger partial charge in [0.05, 0.1) is 0 Å². The van der Waals surface area contributed by atoms with Crippen LogP contribution in [0.3, 0.4) is 0 Å². The van der Waals surface area contributed by atoms with Gasteiger partial charge in [0.25, 0.3) is 5.91 Å². The monoisotopic (exact) mass is 306 g/mol. The fraction of sp³-hybridized carbons (Fsp3) is 0.286. The fourth-order valence-electron chi connectivity index (χ4n) is 1.81. The van der Waals surface area contributed by atoms with Gasteiger partial charge in [-0.25, -0.2) is 4.98 Å². The zero-order chi connectivity index (χ0) is 14.9. The molecule has 0 aliphatic carbocycles. The molecule has 6 nitrogen and oxygen atoms in total. The SMILES string of the molecule is CC(C)(Oc1ccc2c(c1)OCO2)C(=O)Nc1nccs1. The molecule has 3 rings (SSSR count). The third-order valence-corrected chi connectivity index (χ3v) is 3.61. The highest BCUT2D eigenvalue weighted by molar-refractivity contribution is 7.13. The number of benzene rings is 1. The van der Waals surface area contributed by atoms with Crippen molar-refractivity contribution < 1.29 is 19.0 Å². The molecule has 0 spiro atoms. The zero-order valence-corrected chi connectivity index (χ0v) is 12.4. The minimum atomic E-state index is -1.04. The molecular weight excluding hydrogens is 292 g/mol. The van der Waals surface area contributed by atoms with Crippen LogP contribution in [-0.2, 0) is 4.79 Å². The topological polar surface area (TPSA) is 69.7 Å². The number of ether oxygens (including phenoxy) is 3. The van der Waals surface area contributed by atoms with Gasteiger partial charge in [-0.1, -0.05) is 0 Å². The Morgan fingerprint density at radius 1 is 1.38 bits per heavy atom. The minimum absolute atomic E-state index is 0.201. The van der Waals surface area contributed by atoms with Crippen molar-refractivity contribution >= 4 is 22.4 Å². The van der Waals surface area contributed by atoms with Crippen LogP contribution in [0.4, 0.5) is 5.13 Å². The number of amides is 1. The molecule has 110 valence electrons. The average molecular weight is 306 g/mol. The highest BCUT2D eigenvalue weighted by Crippen LogP contribution is 2.36. The number of carbonyl (C=O) groups excluding carboxylic acids is 1. The van der Waals surface area contributed by atoms with Gasteiger partial charge in [-0.3, -0.25) is 10.1 Å². The van der Waals surface area contributed by atoms with Crippen LogP contribution in [0, 0.1) is 0 Å². The van der Waals surface area contributed by atoms with Crippen LogP contribution in [0.25, 0.3) is 0 Å². The van der Waals surface area contributed by atoms with E-state index < -0.39 is 5.60 Å². The minimum Gasteiger partial charge on any atom is -0.478 e. The summed E-state index contributed by atoms with van der Waals surface area (Å²) in [5.74, 6) is 1.56. The van der Waals surface area contributed by atoms with Gasteiger partial charge in [0.2, 0.25) is 6.79 Å². The molecule has 1 aromatic carbocycles. The average Bonchev–Trinajstić information content (AvgIpc) is 3.08. The molecule has 7 heteroatoms.